The van der Waals surface area contributed by atoms with Crippen molar-refractivity contribution < 1.29 is 23.9 Å². The monoisotopic (exact) mass is 331 g/mol. The van der Waals surface area contributed by atoms with Gasteiger partial charge in [0, 0.05) is 7.05 Å². The van der Waals surface area contributed by atoms with Gasteiger partial charge in [0.25, 0.3) is 5.91 Å². The number of esters is 1. The number of urea groups is 1. The number of imide groups is 1. The molecular weight excluding hydrogens is 314 g/mol. The number of amides is 3. The van der Waals surface area contributed by atoms with Crippen LogP contribution in [0.5, 0.6) is 5.75 Å². The third kappa shape index (κ3) is 5.46. The van der Waals surface area contributed by atoms with Crippen LogP contribution < -0.4 is 15.4 Å². The maximum Gasteiger partial charge on any atom is 0.349 e. The quantitative estimate of drug-likeness (QED) is 0.472. The van der Waals surface area contributed by atoms with Gasteiger partial charge in [-0.05, 0) is 30.7 Å². The van der Waals surface area contributed by atoms with E-state index >= 15 is 0 Å². The number of carbonyl (C=O) groups excluding carboxylic acids is 3. The van der Waals surface area contributed by atoms with Gasteiger partial charge in [-0.25, -0.2) is 9.59 Å². The van der Waals surface area contributed by atoms with Gasteiger partial charge >= 0.3 is 12.0 Å². The maximum absolute atomic E-state index is 12.0. The van der Waals surface area contributed by atoms with E-state index in [-0.39, 0.29) is 5.57 Å². The van der Waals surface area contributed by atoms with E-state index in [9.17, 15) is 14.4 Å². The van der Waals surface area contributed by atoms with Gasteiger partial charge in [0.15, 0.2) is 6.10 Å². The van der Waals surface area contributed by atoms with Crippen molar-refractivity contribution in [1.29, 1.82) is 5.26 Å². The number of rotatable bonds is 5. The number of ether oxygens (including phenoxy) is 2. The van der Waals surface area contributed by atoms with Gasteiger partial charge in [-0.1, -0.05) is 12.1 Å². The molecule has 1 aromatic carbocycles. The summed E-state index contributed by atoms with van der Waals surface area (Å²) in [7, 11) is 2.86. The molecule has 8 heteroatoms. The zero-order chi connectivity index (χ0) is 18.1. The molecule has 0 aliphatic rings. The first-order valence-electron chi connectivity index (χ1n) is 6.90. The molecule has 0 bridgehead atoms. The lowest BCUT2D eigenvalue weighted by molar-refractivity contribution is -0.150. The second kappa shape index (κ2) is 8.95. The van der Waals surface area contributed by atoms with Crippen LogP contribution >= 0.6 is 0 Å². The van der Waals surface area contributed by atoms with Crippen LogP contribution in [0.2, 0.25) is 0 Å². The van der Waals surface area contributed by atoms with Gasteiger partial charge in [0.1, 0.15) is 17.4 Å². The zero-order valence-electron chi connectivity index (χ0n) is 13.5. The molecule has 8 nitrogen and oxygen atoms in total. The molecule has 3 amide bonds. The number of methoxy groups -OCH3 is 1. The van der Waals surface area contributed by atoms with Gasteiger partial charge in [0.05, 0.1) is 7.11 Å². The Hall–Kier alpha value is -3.34. The van der Waals surface area contributed by atoms with Gasteiger partial charge in [-0.15, -0.1) is 0 Å². The van der Waals surface area contributed by atoms with Crippen molar-refractivity contribution >= 4 is 24.0 Å². The minimum Gasteiger partial charge on any atom is -0.497 e. The van der Waals surface area contributed by atoms with Crippen molar-refractivity contribution in [2.75, 3.05) is 14.2 Å². The van der Waals surface area contributed by atoms with E-state index in [2.05, 4.69) is 5.32 Å². The number of hydrogen-bond donors (Lipinski definition) is 2. The Balaban J connectivity index is 2.78. The molecule has 0 aliphatic heterocycles. The van der Waals surface area contributed by atoms with Crippen LogP contribution in [0.4, 0.5) is 4.79 Å². The van der Waals surface area contributed by atoms with Gasteiger partial charge in [0.2, 0.25) is 0 Å². The van der Waals surface area contributed by atoms with Crippen LogP contribution in [-0.2, 0) is 14.3 Å². The van der Waals surface area contributed by atoms with E-state index in [0.717, 1.165) is 0 Å². The summed E-state index contributed by atoms with van der Waals surface area (Å²) in [5, 5.41) is 13.3. The summed E-state index contributed by atoms with van der Waals surface area (Å²) in [5.74, 6) is -1.13. The second-order valence-corrected chi connectivity index (χ2v) is 4.56. The Morgan fingerprint density at radius 3 is 2.38 bits per heavy atom. The van der Waals surface area contributed by atoms with E-state index in [0.29, 0.717) is 11.3 Å². The lowest BCUT2D eigenvalue weighted by Crippen LogP contribution is -2.43. The molecule has 0 spiro atoms. The summed E-state index contributed by atoms with van der Waals surface area (Å²) in [5.41, 5.74) is 0.312. The van der Waals surface area contributed by atoms with Gasteiger partial charge in [-0.3, -0.25) is 10.1 Å². The summed E-state index contributed by atoms with van der Waals surface area (Å²) in [6, 6.07) is 7.65. The highest BCUT2D eigenvalue weighted by Crippen LogP contribution is 2.14. The summed E-state index contributed by atoms with van der Waals surface area (Å²) in [6.07, 6.45) is 0.0907. The van der Waals surface area contributed by atoms with E-state index in [1.165, 1.54) is 27.2 Å². The fraction of sp³-hybridized carbons (Fsp3) is 0.250. The fourth-order valence-corrected chi connectivity index (χ4v) is 1.56. The first-order chi connectivity index (χ1) is 11.4. The topological polar surface area (TPSA) is 118 Å². The Kier molecular flexibility index (Phi) is 6.97. The minimum atomic E-state index is -1.23. The van der Waals surface area contributed by atoms with Crippen molar-refractivity contribution in [3.05, 3.63) is 35.4 Å². The van der Waals surface area contributed by atoms with Crippen LogP contribution in [-0.4, -0.2) is 38.2 Å². The third-order valence-corrected chi connectivity index (χ3v) is 2.88. The number of nitrogens with one attached hydrogen (secondary N) is 2. The zero-order valence-corrected chi connectivity index (χ0v) is 13.5. The summed E-state index contributed by atoms with van der Waals surface area (Å²) >= 11 is 0. The molecule has 0 unspecified atom stereocenters. The smallest absolute Gasteiger partial charge is 0.349 e. The fourth-order valence-electron chi connectivity index (χ4n) is 1.56. The van der Waals surface area contributed by atoms with Gasteiger partial charge in [-0.2, -0.15) is 5.26 Å². The molecule has 1 atom stereocenters. The standard InChI is InChI=1S/C16H17N3O5/c1-10(14(20)19-16(22)18-2)24-15(21)12(9-17)8-11-4-6-13(23-3)7-5-11/h4-8,10H,1-3H3,(H2,18,19,20,22)/b12-8+/t10-/m0/s1. The largest absolute Gasteiger partial charge is 0.497 e. The van der Waals surface area contributed by atoms with Crippen LogP contribution in [0.15, 0.2) is 29.8 Å². The van der Waals surface area contributed by atoms with Crippen LogP contribution in [0.25, 0.3) is 6.08 Å². The number of carbonyl (C=O) groups is 3. The highest BCUT2D eigenvalue weighted by molar-refractivity contribution is 6.01. The number of nitriles is 1. The summed E-state index contributed by atoms with van der Waals surface area (Å²) in [4.78, 5) is 34.6. The van der Waals surface area contributed by atoms with Gasteiger partial charge < -0.3 is 14.8 Å². The molecule has 0 aliphatic carbocycles. The average Bonchev–Trinajstić information content (AvgIpc) is 2.59. The highest BCUT2D eigenvalue weighted by Gasteiger charge is 2.21. The SMILES string of the molecule is CNC(=O)NC(=O)[C@H](C)OC(=O)/C(C#N)=C/c1ccc(OC)cc1. The molecule has 0 heterocycles. The molecule has 126 valence electrons. The lowest BCUT2D eigenvalue weighted by Gasteiger charge is -2.12. The van der Waals surface area contributed by atoms with Crippen LogP contribution in [0.3, 0.4) is 0 Å². The summed E-state index contributed by atoms with van der Waals surface area (Å²) in [6.45, 7) is 1.29. The van der Waals surface area contributed by atoms with Crippen molar-refractivity contribution in [2.24, 2.45) is 0 Å². The van der Waals surface area contributed by atoms with Crippen molar-refractivity contribution in [1.82, 2.24) is 10.6 Å². The molecule has 0 aromatic heterocycles. The lowest BCUT2D eigenvalue weighted by atomic mass is 10.1. The van der Waals surface area contributed by atoms with Crippen LogP contribution in [0, 0.1) is 11.3 Å². The highest BCUT2D eigenvalue weighted by atomic mass is 16.5. The number of hydrogen-bond acceptors (Lipinski definition) is 6. The third-order valence-electron chi connectivity index (χ3n) is 2.88. The predicted octanol–water partition coefficient (Wildman–Crippen LogP) is 0.989. The molecule has 0 saturated heterocycles. The Bertz CT molecular complexity index is 689. The molecule has 1 aromatic rings. The van der Waals surface area contributed by atoms with E-state index < -0.39 is 24.0 Å². The molecule has 0 radical (unpaired) electrons. The van der Waals surface area contributed by atoms with Crippen molar-refractivity contribution in [3.63, 3.8) is 0 Å². The molecule has 24 heavy (non-hydrogen) atoms. The Morgan fingerprint density at radius 2 is 1.88 bits per heavy atom. The molecular formula is C16H17N3O5. The summed E-state index contributed by atoms with van der Waals surface area (Å²) < 4.78 is 9.89. The minimum absolute atomic E-state index is 0.278. The van der Waals surface area contributed by atoms with Crippen molar-refractivity contribution in [2.45, 2.75) is 13.0 Å². The molecule has 1 rings (SSSR count). The Labute approximate surface area is 139 Å². The van der Waals surface area contributed by atoms with E-state index in [4.69, 9.17) is 14.7 Å². The molecule has 0 saturated carbocycles. The average molecular weight is 331 g/mol. The predicted molar refractivity (Wildman–Crippen MR) is 84.7 cm³/mol. The van der Waals surface area contributed by atoms with E-state index in [1.54, 1.807) is 30.3 Å². The molecule has 0 fully saturated rings. The first kappa shape index (κ1) is 18.7. The van der Waals surface area contributed by atoms with Crippen LogP contribution in [0.1, 0.15) is 12.5 Å². The Morgan fingerprint density at radius 1 is 1.25 bits per heavy atom. The number of nitrogens with zero attached hydrogens (tertiary/aromatic N) is 1. The van der Waals surface area contributed by atoms with E-state index in [1.807, 2.05) is 5.32 Å². The number of benzene rings is 1. The molecule has 2 N–H and O–H groups in total. The second-order valence-electron chi connectivity index (χ2n) is 4.56. The van der Waals surface area contributed by atoms with Crippen molar-refractivity contribution in [3.8, 4) is 11.8 Å². The maximum atomic E-state index is 12.0. The first-order valence-corrected chi connectivity index (χ1v) is 6.90. The normalized spacial score (nSPS) is 11.7.